The summed E-state index contributed by atoms with van der Waals surface area (Å²) >= 11 is 0. The smallest absolute Gasteiger partial charge is 0.0886 e. The van der Waals surface area contributed by atoms with E-state index in [1.165, 1.54) is 279 Å². The van der Waals surface area contributed by atoms with E-state index >= 15 is 0 Å². The molecule has 342 valence electrons. The first-order valence-electron chi connectivity index (χ1n) is 25.9. The maximum absolute atomic E-state index is 2.60. The highest BCUT2D eigenvalue weighted by Crippen LogP contribution is 2.26. The van der Waals surface area contributed by atoms with E-state index in [0.29, 0.717) is 0 Å². The molecule has 0 bridgehead atoms. The quantitative estimate of drug-likeness (QED) is 0.0455. The van der Waals surface area contributed by atoms with Crippen molar-refractivity contribution in [2.75, 3.05) is 41.3 Å². The van der Waals surface area contributed by atoms with Crippen LogP contribution in [0.15, 0.2) is 0 Å². The lowest BCUT2D eigenvalue weighted by atomic mass is 9.95. The molecule has 0 saturated carbocycles. The van der Waals surface area contributed by atoms with Gasteiger partial charge in [0.05, 0.1) is 53.4 Å². The first-order chi connectivity index (χ1) is 26.2. The van der Waals surface area contributed by atoms with E-state index in [0.717, 1.165) is 12.1 Å². The van der Waals surface area contributed by atoms with Crippen LogP contribution in [-0.4, -0.2) is 73.3 Å². The summed E-state index contributed by atoms with van der Waals surface area (Å²) in [6.45, 7) is 12.1. The van der Waals surface area contributed by atoms with Gasteiger partial charge in [-0.05, 0) is 77.0 Å². The second kappa shape index (κ2) is 44.4. The molecule has 2 N–H and O–H groups in total. The van der Waals surface area contributed by atoms with Crippen LogP contribution in [0.1, 0.15) is 285 Å². The molecule has 0 saturated heterocycles. The minimum absolute atomic E-state index is 0. The molecular weight excluding hydrogens is 685 g/mol. The van der Waals surface area contributed by atoms with Gasteiger partial charge in [-0.2, -0.15) is 0 Å². The van der Waals surface area contributed by atoms with Gasteiger partial charge in [-0.15, -0.1) is 0 Å². The van der Waals surface area contributed by atoms with Gasteiger partial charge in [0.25, 0.3) is 0 Å². The van der Waals surface area contributed by atoms with E-state index in [1.54, 1.807) is 0 Å². The molecule has 0 radical (unpaired) electrons. The normalized spacial score (nSPS) is 13.1. The Morgan fingerprint density at radius 1 is 0.232 bits per heavy atom. The summed E-state index contributed by atoms with van der Waals surface area (Å²) in [5.41, 5.74) is 0. The Bertz CT molecular complexity index is 666. The molecule has 0 aliphatic carbocycles. The van der Waals surface area contributed by atoms with Crippen molar-refractivity contribution in [3.05, 3.63) is 0 Å². The van der Waals surface area contributed by atoms with Gasteiger partial charge in [0.2, 0.25) is 0 Å². The number of nitrogens with zero attached hydrogens (tertiary/aromatic N) is 2. The lowest BCUT2D eigenvalue weighted by molar-refractivity contribution is -0.916. The van der Waals surface area contributed by atoms with Gasteiger partial charge < -0.3 is 19.9 Å². The van der Waals surface area contributed by atoms with Gasteiger partial charge in [-0.25, -0.2) is 0 Å². The molecule has 0 aromatic carbocycles. The van der Waals surface area contributed by atoms with Gasteiger partial charge in [-0.3, -0.25) is 0 Å². The fraction of sp³-hybridized carbons (Fsp3) is 1.00. The van der Waals surface area contributed by atoms with E-state index < -0.39 is 0 Å². The summed E-state index contributed by atoms with van der Waals surface area (Å²) in [4.78, 5) is 0. The summed E-state index contributed by atoms with van der Waals surface area (Å²) in [5, 5.41) is 0. The highest BCUT2D eigenvalue weighted by molar-refractivity contribution is 4.65. The molecule has 2 unspecified atom stereocenters. The minimum atomic E-state index is 0. The molecular formula is C52H112N2O2. The topological polar surface area (TPSA) is 60.0 Å². The predicted molar refractivity (Wildman–Crippen MR) is 253 cm³/mol. The van der Waals surface area contributed by atoms with Crippen molar-refractivity contribution in [1.29, 1.82) is 0 Å². The van der Waals surface area contributed by atoms with E-state index in [9.17, 15) is 0 Å². The van der Waals surface area contributed by atoms with E-state index in [-0.39, 0.29) is 11.0 Å². The fourth-order valence-corrected chi connectivity index (χ4v) is 9.50. The molecule has 0 aromatic rings. The van der Waals surface area contributed by atoms with Gasteiger partial charge in [-0.1, -0.05) is 207 Å². The molecule has 0 aliphatic heterocycles. The van der Waals surface area contributed by atoms with E-state index in [4.69, 9.17) is 0 Å². The molecule has 0 amide bonds. The van der Waals surface area contributed by atoms with Crippen LogP contribution in [0.5, 0.6) is 0 Å². The molecule has 4 nitrogen and oxygen atoms in total. The maximum Gasteiger partial charge on any atom is 0.0886 e. The summed E-state index contributed by atoms with van der Waals surface area (Å²) in [6.07, 6.45) is 57.9. The predicted octanol–water partition coefficient (Wildman–Crippen LogP) is 17.2. The molecule has 0 aromatic heterocycles. The van der Waals surface area contributed by atoms with Crippen LogP contribution in [0.3, 0.4) is 0 Å². The lowest BCUT2D eigenvalue weighted by Gasteiger charge is -2.39. The molecule has 0 fully saturated rings. The minimum Gasteiger partial charge on any atom is -0.870 e. The van der Waals surface area contributed by atoms with Gasteiger partial charge >= 0.3 is 0 Å². The Morgan fingerprint density at radius 3 is 0.589 bits per heavy atom. The van der Waals surface area contributed by atoms with Crippen molar-refractivity contribution < 1.29 is 19.9 Å². The second-order valence-corrected chi connectivity index (χ2v) is 19.8. The third kappa shape index (κ3) is 38.1. The molecule has 2 atom stereocenters. The molecule has 4 heteroatoms. The Morgan fingerprint density at radius 2 is 0.393 bits per heavy atom. The van der Waals surface area contributed by atoms with Crippen molar-refractivity contribution in [1.82, 2.24) is 0 Å². The second-order valence-electron chi connectivity index (χ2n) is 19.8. The molecule has 0 heterocycles. The van der Waals surface area contributed by atoms with Crippen LogP contribution in [-0.2, 0) is 0 Å². The number of rotatable bonds is 45. The van der Waals surface area contributed by atoms with Crippen LogP contribution in [0.2, 0.25) is 0 Å². The third-order valence-corrected chi connectivity index (χ3v) is 13.8. The maximum atomic E-state index is 2.60. The van der Waals surface area contributed by atoms with Gasteiger partial charge in [0.1, 0.15) is 0 Å². The Kier molecular flexibility index (Phi) is 47.7. The van der Waals surface area contributed by atoms with Crippen molar-refractivity contribution in [3.8, 4) is 0 Å². The third-order valence-electron chi connectivity index (χ3n) is 13.8. The van der Waals surface area contributed by atoms with Crippen LogP contribution >= 0.6 is 0 Å². The zero-order valence-corrected chi connectivity index (χ0v) is 40.6. The Balaban J connectivity index is -0.0000140. The summed E-state index contributed by atoms with van der Waals surface area (Å²) in [6, 6.07) is 1.73. The van der Waals surface area contributed by atoms with E-state index in [1.807, 2.05) is 0 Å². The standard InChI is InChI=1S/C52H110N2.2H2O/c1-9-13-17-21-25-29-33-39-45-51(53(5,6)49-43-37-31-27-23-19-15-11-3)47-41-35-36-42-48-52(46-40-34-30-26-22-18-14-10-2)54(7,8)50-44-38-32-28-24-20-16-12-4;;/h51-52H,9-50H2,1-8H3;2*1H2/q+2;;/p-2. The van der Waals surface area contributed by atoms with Crippen molar-refractivity contribution in [3.63, 3.8) is 0 Å². The number of hydrogen-bond acceptors (Lipinski definition) is 2. The van der Waals surface area contributed by atoms with Crippen LogP contribution in [0.4, 0.5) is 0 Å². The molecule has 0 rings (SSSR count). The monoisotopic (exact) mass is 797 g/mol. The molecule has 0 spiro atoms. The average Bonchev–Trinajstić information content (AvgIpc) is 3.15. The van der Waals surface area contributed by atoms with Crippen molar-refractivity contribution in [2.24, 2.45) is 0 Å². The first kappa shape index (κ1) is 60.1. The summed E-state index contributed by atoms with van der Waals surface area (Å²) in [7, 11) is 10.4. The van der Waals surface area contributed by atoms with Crippen LogP contribution in [0, 0.1) is 0 Å². The largest absolute Gasteiger partial charge is 0.870 e. The fourth-order valence-electron chi connectivity index (χ4n) is 9.50. The number of hydrogen-bond donors (Lipinski definition) is 0. The number of unbranched alkanes of at least 4 members (excludes halogenated alkanes) is 31. The highest BCUT2D eigenvalue weighted by Gasteiger charge is 2.28. The van der Waals surface area contributed by atoms with Crippen molar-refractivity contribution >= 4 is 0 Å². The molecule has 0 aliphatic rings. The van der Waals surface area contributed by atoms with Crippen molar-refractivity contribution in [2.45, 2.75) is 297 Å². The Hall–Kier alpha value is -0.160. The van der Waals surface area contributed by atoms with Gasteiger partial charge in [0.15, 0.2) is 0 Å². The van der Waals surface area contributed by atoms with Crippen LogP contribution in [0.25, 0.3) is 0 Å². The van der Waals surface area contributed by atoms with E-state index in [2.05, 4.69) is 55.9 Å². The zero-order valence-electron chi connectivity index (χ0n) is 40.6. The summed E-state index contributed by atoms with van der Waals surface area (Å²) in [5.74, 6) is 0. The number of quaternary nitrogens is 2. The average molecular weight is 797 g/mol. The lowest BCUT2D eigenvalue weighted by Crippen LogP contribution is -2.49. The summed E-state index contributed by atoms with van der Waals surface area (Å²) < 4.78 is 2.55. The SMILES string of the molecule is CCCCCCCCCCC(CCCCCCC(CCCCCCCCCC)[N+](C)(C)CCCCCCCCCC)[N+](C)(C)CCCCCCCCCC.[OH-].[OH-]. The first-order valence-corrected chi connectivity index (χ1v) is 25.9. The van der Waals surface area contributed by atoms with Crippen LogP contribution < -0.4 is 0 Å². The van der Waals surface area contributed by atoms with Gasteiger partial charge in [0, 0.05) is 0 Å². The highest BCUT2D eigenvalue weighted by atomic mass is 16.0. The Labute approximate surface area is 356 Å². The zero-order chi connectivity index (χ0) is 39.9. The molecule has 56 heavy (non-hydrogen) atoms.